The molecule has 3 rings (SSSR count). The second-order valence-electron chi connectivity index (χ2n) is 5.19. The zero-order chi connectivity index (χ0) is 16.6. The maximum absolute atomic E-state index is 12.7. The number of ketones is 1. The molecule has 5 nitrogen and oxygen atoms in total. The summed E-state index contributed by atoms with van der Waals surface area (Å²) in [6.07, 6.45) is -0.913. The highest BCUT2D eigenvalue weighted by Gasteiger charge is 2.25. The highest BCUT2D eigenvalue weighted by atomic mass is 79.9. The van der Waals surface area contributed by atoms with Crippen LogP contribution in [-0.2, 0) is 4.74 Å². The molecule has 2 aromatic heterocycles. The molecule has 0 amide bonds. The van der Waals surface area contributed by atoms with Crippen LogP contribution < -0.4 is 0 Å². The summed E-state index contributed by atoms with van der Waals surface area (Å²) in [6, 6.07) is 10.6. The number of para-hydroxylation sites is 1. The SMILES string of the molecule is Cc1[nH]c2ccccc2c1C(=O)C(C)OC(=O)c1ccc(Br)o1. The van der Waals surface area contributed by atoms with Gasteiger partial charge < -0.3 is 14.1 Å². The second-order valence-corrected chi connectivity index (χ2v) is 5.97. The van der Waals surface area contributed by atoms with Crippen molar-refractivity contribution in [2.75, 3.05) is 0 Å². The average molecular weight is 376 g/mol. The zero-order valence-corrected chi connectivity index (χ0v) is 14.1. The number of hydrogen-bond donors (Lipinski definition) is 1. The van der Waals surface area contributed by atoms with E-state index in [-0.39, 0.29) is 11.5 Å². The molecule has 6 heteroatoms. The van der Waals surface area contributed by atoms with Gasteiger partial charge in [0.05, 0.1) is 0 Å². The minimum Gasteiger partial charge on any atom is -0.448 e. The van der Waals surface area contributed by atoms with Crippen molar-refractivity contribution in [1.29, 1.82) is 0 Å². The quantitative estimate of drug-likeness (QED) is 0.546. The van der Waals surface area contributed by atoms with Gasteiger partial charge in [0.2, 0.25) is 11.5 Å². The predicted molar refractivity (Wildman–Crippen MR) is 88.7 cm³/mol. The monoisotopic (exact) mass is 375 g/mol. The van der Waals surface area contributed by atoms with Gasteiger partial charge in [-0.3, -0.25) is 4.79 Å². The van der Waals surface area contributed by atoms with Gasteiger partial charge in [-0.05, 0) is 48.0 Å². The van der Waals surface area contributed by atoms with Gasteiger partial charge in [0.25, 0.3) is 0 Å². The molecule has 3 aromatic rings. The number of halogens is 1. The summed E-state index contributed by atoms with van der Waals surface area (Å²) in [4.78, 5) is 27.8. The van der Waals surface area contributed by atoms with Crippen LogP contribution in [-0.4, -0.2) is 22.8 Å². The summed E-state index contributed by atoms with van der Waals surface area (Å²) in [5.74, 6) is -0.875. The number of carbonyl (C=O) groups is 2. The van der Waals surface area contributed by atoms with Gasteiger partial charge in [-0.1, -0.05) is 18.2 Å². The van der Waals surface area contributed by atoms with Crippen LogP contribution in [0.25, 0.3) is 10.9 Å². The minimum atomic E-state index is -0.913. The average Bonchev–Trinajstić information content (AvgIpc) is 3.09. The molecule has 0 bridgehead atoms. The Kier molecular flexibility index (Phi) is 4.09. The zero-order valence-electron chi connectivity index (χ0n) is 12.6. The Balaban J connectivity index is 1.84. The number of aromatic nitrogens is 1. The first kappa shape index (κ1) is 15.6. The number of rotatable bonds is 4. The molecule has 1 N–H and O–H groups in total. The standard InChI is InChI=1S/C17H14BrNO4/c1-9-15(11-5-3-4-6-12(11)19-9)16(20)10(2)22-17(21)13-7-8-14(18)23-13/h3-8,10,19H,1-2H3. The number of aryl methyl sites for hydroxylation is 1. The molecule has 1 aromatic carbocycles. The molecule has 0 aliphatic heterocycles. The van der Waals surface area contributed by atoms with Gasteiger partial charge in [-0.2, -0.15) is 0 Å². The minimum absolute atomic E-state index is 0.0483. The number of nitrogens with one attached hydrogen (secondary N) is 1. The largest absolute Gasteiger partial charge is 0.448 e. The lowest BCUT2D eigenvalue weighted by Crippen LogP contribution is -2.24. The Labute approximate surface area is 140 Å². The van der Waals surface area contributed by atoms with Gasteiger partial charge >= 0.3 is 5.97 Å². The number of esters is 1. The lowest BCUT2D eigenvalue weighted by molar-refractivity contribution is 0.0288. The van der Waals surface area contributed by atoms with E-state index in [0.29, 0.717) is 10.2 Å². The first-order chi connectivity index (χ1) is 11.0. The summed E-state index contributed by atoms with van der Waals surface area (Å²) in [5.41, 5.74) is 2.17. The molecule has 0 saturated heterocycles. The van der Waals surface area contributed by atoms with Crippen molar-refractivity contribution in [3.63, 3.8) is 0 Å². The first-order valence-corrected chi connectivity index (χ1v) is 7.84. The van der Waals surface area contributed by atoms with Crippen molar-refractivity contribution in [1.82, 2.24) is 4.98 Å². The van der Waals surface area contributed by atoms with E-state index in [1.807, 2.05) is 31.2 Å². The number of ether oxygens (including phenoxy) is 1. The highest BCUT2D eigenvalue weighted by molar-refractivity contribution is 9.10. The van der Waals surface area contributed by atoms with E-state index < -0.39 is 12.1 Å². The van der Waals surface area contributed by atoms with Crippen LogP contribution in [0.5, 0.6) is 0 Å². The molecule has 1 unspecified atom stereocenters. The van der Waals surface area contributed by atoms with Crippen molar-refractivity contribution >= 4 is 38.6 Å². The Morgan fingerprint density at radius 1 is 1.22 bits per heavy atom. The number of benzene rings is 1. The molecular weight excluding hydrogens is 362 g/mol. The van der Waals surface area contributed by atoms with Crippen LogP contribution in [0.1, 0.15) is 33.5 Å². The topological polar surface area (TPSA) is 72.3 Å². The molecule has 0 fully saturated rings. The molecule has 0 radical (unpaired) electrons. The number of aromatic amines is 1. The van der Waals surface area contributed by atoms with Gasteiger partial charge in [0, 0.05) is 22.2 Å². The third-order valence-electron chi connectivity index (χ3n) is 3.57. The maximum atomic E-state index is 12.7. The fourth-order valence-electron chi connectivity index (χ4n) is 2.49. The van der Waals surface area contributed by atoms with Crippen LogP contribution in [0.15, 0.2) is 45.5 Å². The maximum Gasteiger partial charge on any atom is 0.374 e. The lowest BCUT2D eigenvalue weighted by Gasteiger charge is -2.11. The van der Waals surface area contributed by atoms with E-state index >= 15 is 0 Å². The Hall–Kier alpha value is -2.34. The number of fused-ring (bicyclic) bond motifs is 1. The smallest absolute Gasteiger partial charge is 0.374 e. The van der Waals surface area contributed by atoms with Gasteiger partial charge in [0.15, 0.2) is 10.8 Å². The van der Waals surface area contributed by atoms with E-state index in [0.717, 1.165) is 16.6 Å². The highest BCUT2D eigenvalue weighted by Crippen LogP contribution is 2.24. The number of hydrogen-bond acceptors (Lipinski definition) is 4. The molecular formula is C17H14BrNO4. The molecule has 0 spiro atoms. The van der Waals surface area contributed by atoms with Crippen molar-refractivity contribution in [3.8, 4) is 0 Å². The Bertz CT molecular complexity index is 893. The number of Topliss-reactive ketones (excluding diaryl/α,β-unsaturated/α-hetero) is 1. The molecule has 0 saturated carbocycles. The van der Waals surface area contributed by atoms with Crippen LogP contribution in [0.4, 0.5) is 0 Å². The molecule has 2 heterocycles. The van der Waals surface area contributed by atoms with Crippen molar-refractivity contribution in [2.45, 2.75) is 20.0 Å². The van der Waals surface area contributed by atoms with E-state index in [9.17, 15) is 9.59 Å². The molecule has 118 valence electrons. The van der Waals surface area contributed by atoms with Crippen LogP contribution >= 0.6 is 15.9 Å². The predicted octanol–water partition coefficient (Wildman–Crippen LogP) is 4.26. The molecule has 1 atom stereocenters. The number of furan rings is 1. The molecule has 0 aliphatic rings. The van der Waals surface area contributed by atoms with Gasteiger partial charge in [0.1, 0.15) is 0 Å². The Morgan fingerprint density at radius 2 is 1.96 bits per heavy atom. The van der Waals surface area contributed by atoms with Crippen molar-refractivity contribution in [3.05, 3.63) is 58.1 Å². The fourth-order valence-corrected chi connectivity index (χ4v) is 2.80. The summed E-state index contributed by atoms with van der Waals surface area (Å²) in [6.45, 7) is 3.38. The normalized spacial score (nSPS) is 12.3. The summed E-state index contributed by atoms with van der Waals surface area (Å²) in [7, 11) is 0. The second kappa shape index (κ2) is 6.04. The van der Waals surface area contributed by atoms with Gasteiger partial charge in [-0.15, -0.1) is 0 Å². The summed E-state index contributed by atoms with van der Waals surface area (Å²) in [5, 5.41) is 0.818. The van der Waals surface area contributed by atoms with Gasteiger partial charge in [-0.25, -0.2) is 4.79 Å². The number of H-pyrrole nitrogens is 1. The third-order valence-corrected chi connectivity index (χ3v) is 3.99. The van der Waals surface area contributed by atoms with E-state index in [2.05, 4.69) is 20.9 Å². The molecule has 0 aliphatic carbocycles. The van der Waals surface area contributed by atoms with E-state index in [1.165, 1.54) is 6.07 Å². The summed E-state index contributed by atoms with van der Waals surface area (Å²) >= 11 is 3.12. The third kappa shape index (κ3) is 2.94. The lowest BCUT2D eigenvalue weighted by atomic mass is 10.0. The fraction of sp³-hybridized carbons (Fsp3) is 0.176. The Morgan fingerprint density at radius 3 is 2.65 bits per heavy atom. The first-order valence-electron chi connectivity index (χ1n) is 7.05. The van der Waals surface area contributed by atoms with E-state index in [4.69, 9.17) is 9.15 Å². The number of carbonyl (C=O) groups excluding carboxylic acids is 2. The van der Waals surface area contributed by atoms with Crippen molar-refractivity contribution in [2.24, 2.45) is 0 Å². The van der Waals surface area contributed by atoms with Crippen LogP contribution in [0.2, 0.25) is 0 Å². The van der Waals surface area contributed by atoms with E-state index in [1.54, 1.807) is 13.0 Å². The molecule has 23 heavy (non-hydrogen) atoms. The van der Waals surface area contributed by atoms with Crippen LogP contribution in [0, 0.1) is 6.92 Å². The summed E-state index contributed by atoms with van der Waals surface area (Å²) < 4.78 is 10.8. The van der Waals surface area contributed by atoms with Crippen molar-refractivity contribution < 1.29 is 18.7 Å². The van der Waals surface area contributed by atoms with Crippen LogP contribution in [0.3, 0.4) is 0 Å².